The molecule has 0 bridgehead atoms. The quantitative estimate of drug-likeness (QED) is 0.431. The standard InChI is InChI=1S/C28H34N8O3/c1-34(13-9-25(37)35-14-10-29-11-15-35)23-16-21(17-30-18-23)32-28-31-19-24(27(33-28)39-2)20-5-7-22(8-6-20)36-12-3-4-26(36)38/h5-8,16-19,29H,3-4,9-15H2,1-2H3,(H,31,32,33). The second-order valence-corrected chi connectivity index (χ2v) is 9.67. The Balaban J connectivity index is 1.23. The number of rotatable bonds is 9. The number of aromatic nitrogens is 3. The van der Waals surface area contributed by atoms with E-state index in [1.807, 2.05) is 52.1 Å². The van der Waals surface area contributed by atoms with Gasteiger partial charge < -0.3 is 30.1 Å². The predicted molar refractivity (Wildman–Crippen MR) is 150 cm³/mol. The van der Waals surface area contributed by atoms with Crippen LogP contribution in [-0.4, -0.2) is 85.1 Å². The van der Waals surface area contributed by atoms with Crippen LogP contribution >= 0.6 is 0 Å². The van der Waals surface area contributed by atoms with Gasteiger partial charge in [0.15, 0.2) is 0 Å². The van der Waals surface area contributed by atoms with Gasteiger partial charge in [0.25, 0.3) is 0 Å². The van der Waals surface area contributed by atoms with Gasteiger partial charge in [0.05, 0.1) is 36.4 Å². The number of amides is 2. The van der Waals surface area contributed by atoms with Crippen LogP contribution in [0.4, 0.5) is 23.0 Å². The second-order valence-electron chi connectivity index (χ2n) is 9.67. The first-order chi connectivity index (χ1) is 19.0. The van der Waals surface area contributed by atoms with Crippen molar-refractivity contribution in [2.24, 2.45) is 0 Å². The maximum Gasteiger partial charge on any atom is 0.230 e. The number of carbonyl (C=O) groups excluding carboxylic acids is 2. The monoisotopic (exact) mass is 530 g/mol. The highest BCUT2D eigenvalue weighted by molar-refractivity contribution is 5.95. The number of carbonyl (C=O) groups is 2. The molecule has 0 unspecified atom stereocenters. The molecule has 0 atom stereocenters. The van der Waals surface area contributed by atoms with Gasteiger partial charge in [-0.15, -0.1) is 0 Å². The number of nitrogens with zero attached hydrogens (tertiary/aromatic N) is 6. The number of ether oxygens (including phenoxy) is 1. The lowest BCUT2D eigenvalue weighted by Gasteiger charge is -2.28. The molecule has 4 heterocycles. The number of hydrogen-bond donors (Lipinski definition) is 2. The normalized spacial score (nSPS) is 15.4. The fourth-order valence-electron chi connectivity index (χ4n) is 4.82. The van der Waals surface area contributed by atoms with Crippen molar-refractivity contribution in [3.05, 3.63) is 48.9 Å². The molecule has 2 N–H and O–H groups in total. The number of anilines is 4. The van der Waals surface area contributed by atoms with Crippen LogP contribution in [-0.2, 0) is 9.59 Å². The molecule has 5 rings (SSSR count). The molecule has 39 heavy (non-hydrogen) atoms. The van der Waals surface area contributed by atoms with Gasteiger partial charge in [-0.2, -0.15) is 4.98 Å². The zero-order valence-electron chi connectivity index (χ0n) is 22.4. The Morgan fingerprint density at radius 1 is 1.13 bits per heavy atom. The van der Waals surface area contributed by atoms with E-state index in [1.165, 1.54) is 0 Å². The van der Waals surface area contributed by atoms with Crippen LogP contribution in [0.25, 0.3) is 11.1 Å². The van der Waals surface area contributed by atoms with E-state index in [4.69, 9.17) is 4.74 Å². The van der Waals surface area contributed by atoms with E-state index in [-0.39, 0.29) is 11.8 Å². The largest absolute Gasteiger partial charge is 0.480 e. The van der Waals surface area contributed by atoms with E-state index in [0.29, 0.717) is 31.2 Å². The first-order valence-corrected chi connectivity index (χ1v) is 13.3. The summed E-state index contributed by atoms with van der Waals surface area (Å²) in [4.78, 5) is 43.7. The topological polar surface area (TPSA) is 116 Å². The third-order valence-corrected chi connectivity index (χ3v) is 7.06. The molecular formula is C28H34N8O3. The maximum atomic E-state index is 12.5. The molecule has 2 aromatic heterocycles. The molecule has 204 valence electrons. The summed E-state index contributed by atoms with van der Waals surface area (Å²) in [6.07, 6.45) is 7.13. The zero-order chi connectivity index (χ0) is 27.2. The molecule has 11 nitrogen and oxygen atoms in total. The molecule has 0 radical (unpaired) electrons. The molecular weight excluding hydrogens is 496 g/mol. The van der Waals surface area contributed by atoms with Crippen molar-refractivity contribution < 1.29 is 14.3 Å². The summed E-state index contributed by atoms with van der Waals surface area (Å²) in [6.45, 7) is 4.57. The fourth-order valence-corrected chi connectivity index (χ4v) is 4.82. The number of piperazine rings is 1. The maximum absolute atomic E-state index is 12.5. The van der Waals surface area contributed by atoms with Crippen LogP contribution in [0.15, 0.2) is 48.9 Å². The highest BCUT2D eigenvalue weighted by Gasteiger charge is 2.22. The first kappa shape index (κ1) is 26.4. The number of hydrogen-bond acceptors (Lipinski definition) is 9. The SMILES string of the molecule is COc1nc(Nc2cncc(N(C)CCC(=O)N3CCNCC3)c2)ncc1-c1ccc(N2CCCC2=O)cc1. The van der Waals surface area contributed by atoms with Crippen molar-refractivity contribution in [1.82, 2.24) is 25.2 Å². The average molecular weight is 531 g/mol. The summed E-state index contributed by atoms with van der Waals surface area (Å²) in [5.74, 6) is 1.15. The Morgan fingerprint density at radius 3 is 2.64 bits per heavy atom. The zero-order valence-corrected chi connectivity index (χ0v) is 22.4. The molecule has 11 heteroatoms. The summed E-state index contributed by atoms with van der Waals surface area (Å²) in [7, 11) is 3.52. The summed E-state index contributed by atoms with van der Waals surface area (Å²) < 4.78 is 5.57. The Morgan fingerprint density at radius 2 is 1.92 bits per heavy atom. The van der Waals surface area contributed by atoms with Gasteiger partial charge >= 0.3 is 0 Å². The number of methoxy groups -OCH3 is 1. The van der Waals surface area contributed by atoms with Crippen molar-refractivity contribution in [2.75, 3.05) is 68.5 Å². The van der Waals surface area contributed by atoms with E-state index in [9.17, 15) is 9.59 Å². The van der Waals surface area contributed by atoms with Gasteiger partial charge in [-0.05, 0) is 30.2 Å². The molecule has 0 saturated carbocycles. The molecule has 2 saturated heterocycles. The van der Waals surface area contributed by atoms with Crippen LogP contribution in [0.1, 0.15) is 19.3 Å². The third kappa shape index (κ3) is 6.26. The Kier molecular flexibility index (Phi) is 8.16. The minimum Gasteiger partial charge on any atom is -0.480 e. The number of nitrogens with one attached hydrogen (secondary N) is 2. The first-order valence-electron chi connectivity index (χ1n) is 13.3. The lowest BCUT2D eigenvalue weighted by molar-refractivity contribution is -0.131. The van der Waals surface area contributed by atoms with Crippen LogP contribution in [0.2, 0.25) is 0 Å². The van der Waals surface area contributed by atoms with Crippen molar-refractivity contribution in [1.29, 1.82) is 0 Å². The summed E-state index contributed by atoms with van der Waals surface area (Å²) >= 11 is 0. The van der Waals surface area contributed by atoms with Gasteiger partial charge in [0.1, 0.15) is 0 Å². The highest BCUT2D eigenvalue weighted by atomic mass is 16.5. The Hall–Kier alpha value is -4.25. The van der Waals surface area contributed by atoms with Gasteiger partial charge in [0, 0.05) is 71.0 Å². The molecule has 2 aliphatic heterocycles. The molecule has 2 amide bonds. The minimum atomic E-state index is 0.160. The lowest BCUT2D eigenvalue weighted by atomic mass is 10.1. The van der Waals surface area contributed by atoms with Crippen molar-refractivity contribution in [3.8, 4) is 17.0 Å². The van der Waals surface area contributed by atoms with E-state index in [2.05, 4.69) is 25.6 Å². The van der Waals surface area contributed by atoms with E-state index in [1.54, 1.807) is 25.7 Å². The molecule has 0 aliphatic carbocycles. The fraction of sp³-hybridized carbons (Fsp3) is 0.393. The predicted octanol–water partition coefficient (Wildman–Crippen LogP) is 2.68. The van der Waals surface area contributed by atoms with E-state index in [0.717, 1.165) is 67.3 Å². The van der Waals surface area contributed by atoms with Crippen molar-refractivity contribution >= 4 is 34.8 Å². The van der Waals surface area contributed by atoms with Crippen molar-refractivity contribution in [2.45, 2.75) is 19.3 Å². The van der Waals surface area contributed by atoms with E-state index < -0.39 is 0 Å². The van der Waals surface area contributed by atoms with Gasteiger partial charge in [-0.25, -0.2) is 4.98 Å². The van der Waals surface area contributed by atoms with Gasteiger partial charge in [-0.1, -0.05) is 12.1 Å². The van der Waals surface area contributed by atoms with Crippen LogP contribution in [0.5, 0.6) is 5.88 Å². The summed E-state index contributed by atoms with van der Waals surface area (Å²) in [5.41, 5.74) is 4.15. The average Bonchev–Trinajstić information content (AvgIpc) is 3.42. The number of benzene rings is 1. The van der Waals surface area contributed by atoms with E-state index >= 15 is 0 Å². The molecule has 2 fully saturated rings. The van der Waals surface area contributed by atoms with Crippen LogP contribution in [0, 0.1) is 0 Å². The molecule has 3 aromatic rings. The number of pyridine rings is 1. The van der Waals surface area contributed by atoms with Crippen LogP contribution in [0.3, 0.4) is 0 Å². The van der Waals surface area contributed by atoms with Gasteiger partial charge in [0.2, 0.25) is 23.6 Å². The molecule has 1 aromatic carbocycles. The summed E-state index contributed by atoms with van der Waals surface area (Å²) in [5, 5.41) is 6.47. The van der Waals surface area contributed by atoms with Gasteiger partial charge in [-0.3, -0.25) is 14.6 Å². The molecule has 2 aliphatic rings. The second kappa shape index (κ2) is 12.1. The summed E-state index contributed by atoms with van der Waals surface area (Å²) in [6, 6.07) is 9.73. The minimum absolute atomic E-state index is 0.160. The smallest absolute Gasteiger partial charge is 0.230 e. The third-order valence-electron chi connectivity index (χ3n) is 7.06. The molecule has 0 spiro atoms. The highest BCUT2D eigenvalue weighted by Crippen LogP contribution is 2.31. The Labute approximate surface area is 228 Å². The Bertz CT molecular complexity index is 1310. The van der Waals surface area contributed by atoms with Crippen molar-refractivity contribution in [3.63, 3.8) is 0 Å². The van der Waals surface area contributed by atoms with Crippen LogP contribution < -0.4 is 25.2 Å². The lowest BCUT2D eigenvalue weighted by Crippen LogP contribution is -2.47.